The molecule has 2 N–H and O–H groups in total. The second-order valence-electron chi connectivity index (χ2n) is 4.23. The summed E-state index contributed by atoms with van der Waals surface area (Å²) in [6.07, 6.45) is 3.86. The highest BCUT2D eigenvalue weighted by molar-refractivity contribution is 5.69. The van der Waals surface area contributed by atoms with E-state index in [0.29, 0.717) is 31.9 Å². The summed E-state index contributed by atoms with van der Waals surface area (Å²) in [5, 5.41) is 0. The lowest BCUT2D eigenvalue weighted by atomic mass is 9.94. The van der Waals surface area contributed by atoms with E-state index in [1.807, 2.05) is 0 Å². The summed E-state index contributed by atoms with van der Waals surface area (Å²) >= 11 is 0. The topological polar surface area (TPSA) is 52.3 Å². The minimum Gasteiger partial charge on any atom is -0.465 e. The van der Waals surface area contributed by atoms with Crippen LogP contribution in [-0.4, -0.2) is 19.1 Å². The van der Waals surface area contributed by atoms with Crippen molar-refractivity contribution in [2.24, 2.45) is 17.6 Å². The fourth-order valence-electron chi connectivity index (χ4n) is 1.48. The molecule has 15 heavy (non-hydrogen) atoms. The minimum atomic E-state index is -0.145. The van der Waals surface area contributed by atoms with E-state index in [1.165, 1.54) is 0 Å². The van der Waals surface area contributed by atoms with Crippen LogP contribution in [0.2, 0.25) is 0 Å². The van der Waals surface area contributed by atoms with Gasteiger partial charge in [0, 0.05) is 6.42 Å². The summed E-state index contributed by atoms with van der Waals surface area (Å²) in [6, 6.07) is 0. The van der Waals surface area contributed by atoms with Gasteiger partial charge in [-0.15, -0.1) is 6.58 Å². The normalized spacial score (nSPS) is 12.5. The summed E-state index contributed by atoms with van der Waals surface area (Å²) in [5.41, 5.74) is 5.60. The first-order chi connectivity index (χ1) is 7.10. The molecule has 0 aromatic heterocycles. The van der Waals surface area contributed by atoms with E-state index >= 15 is 0 Å². The molecule has 0 aliphatic rings. The number of carbonyl (C=O) groups excluding carboxylic acids is 1. The van der Waals surface area contributed by atoms with Crippen LogP contribution < -0.4 is 5.73 Å². The highest BCUT2D eigenvalue weighted by atomic mass is 16.5. The zero-order valence-corrected chi connectivity index (χ0v) is 9.87. The van der Waals surface area contributed by atoms with Crippen LogP contribution >= 0.6 is 0 Å². The smallest absolute Gasteiger partial charge is 0.306 e. The van der Waals surface area contributed by atoms with Gasteiger partial charge >= 0.3 is 5.97 Å². The van der Waals surface area contributed by atoms with Gasteiger partial charge in [0.15, 0.2) is 0 Å². The largest absolute Gasteiger partial charge is 0.465 e. The van der Waals surface area contributed by atoms with Crippen LogP contribution in [0, 0.1) is 11.8 Å². The molecule has 0 bridgehead atoms. The van der Waals surface area contributed by atoms with Crippen LogP contribution in [0.5, 0.6) is 0 Å². The lowest BCUT2D eigenvalue weighted by Gasteiger charge is -2.15. The Hall–Kier alpha value is -0.830. The van der Waals surface area contributed by atoms with E-state index in [9.17, 15) is 4.79 Å². The van der Waals surface area contributed by atoms with Crippen molar-refractivity contribution in [3.8, 4) is 0 Å². The zero-order valence-electron chi connectivity index (χ0n) is 9.87. The number of ether oxygens (including phenoxy) is 1. The van der Waals surface area contributed by atoms with Crippen molar-refractivity contribution >= 4 is 5.97 Å². The highest BCUT2D eigenvalue weighted by Gasteiger charge is 2.14. The van der Waals surface area contributed by atoms with Gasteiger partial charge in [-0.1, -0.05) is 19.9 Å². The lowest BCUT2D eigenvalue weighted by Crippen LogP contribution is -2.21. The van der Waals surface area contributed by atoms with Crippen molar-refractivity contribution in [1.29, 1.82) is 0 Å². The molecule has 0 spiro atoms. The van der Waals surface area contributed by atoms with Crippen LogP contribution in [0.25, 0.3) is 0 Å². The maximum Gasteiger partial charge on any atom is 0.306 e. The van der Waals surface area contributed by atoms with Crippen LogP contribution in [0.15, 0.2) is 12.7 Å². The molecule has 0 radical (unpaired) electrons. The molecular formula is C12H23NO2. The summed E-state index contributed by atoms with van der Waals surface area (Å²) in [5.74, 6) is 0.675. The molecule has 0 rings (SSSR count). The van der Waals surface area contributed by atoms with Crippen molar-refractivity contribution in [2.45, 2.75) is 33.1 Å². The van der Waals surface area contributed by atoms with E-state index in [-0.39, 0.29) is 11.9 Å². The van der Waals surface area contributed by atoms with Gasteiger partial charge in [-0.2, -0.15) is 0 Å². The Bertz CT molecular complexity index is 190. The predicted molar refractivity (Wildman–Crippen MR) is 62.4 cm³/mol. The maximum atomic E-state index is 11.4. The van der Waals surface area contributed by atoms with E-state index in [0.717, 1.165) is 6.42 Å². The average molecular weight is 213 g/mol. The number of hydrogen-bond acceptors (Lipinski definition) is 3. The Kier molecular flexibility index (Phi) is 8.01. The average Bonchev–Trinajstić information content (AvgIpc) is 2.16. The third kappa shape index (κ3) is 8.18. The van der Waals surface area contributed by atoms with Crippen molar-refractivity contribution in [3.63, 3.8) is 0 Å². The van der Waals surface area contributed by atoms with E-state index in [4.69, 9.17) is 10.5 Å². The molecule has 0 amide bonds. The molecule has 0 fully saturated rings. The maximum absolute atomic E-state index is 11.4. The van der Waals surface area contributed by atoms with Crippen LogP contribution in [0.4, 0.5) is 0 Å². The van der Waals surface area contributed by atoms with E-state index in [1.54, 1.807) is 6.08 Å². The van der Waals surface area contributed by atoms with Gasteiger partial charge in [-0.25, -0.2) is 0 Å². The number of esters is 1. The highest BCUT2D eigenvalue weighted by Crippen LogP contribution is 2.14. The van der Waals surface area contributed by atoms with Crippen molar-refractivity contribution in [2.75, 3.05) is 13.2 Å². The zero-order chi connectivity index (χ0) is 11.7. The Morgan fingerprint density at radius 2 is 2.20 bits per heavy atom. The SMILES string of the molecule is C=CCCOC(=O)C[C@@H](CN)CC(C)C. The second kappa shape index (κ2) is 8.48. The van der Waals surface area contributed by atoms with Gasteiger partial charge in [-0.3, -0.25) is 4.79 Å². The van der Waals surface area contributed by atoms with Gasteiger partial charge in [0.1, 0.15) is 0 Å². The first-order valence-corrected chi connectivity index (χ1v) is 5.56. The Morgan fingerprint density at radius 3 is 2.67 bits per heavy atom. The molecule has 88 valence electrons. The van der Waals surface area contributed by atoms with Gasteiger partial charge < -0.3 is 10.5 Å². The Morgan fingerprint density at radius 1 is 1.53 bits per heavy atom. The predicted octanol–water partition coefficient (Wildman–Crippen LogP) is 2.12. The summed E-state index contributed by atoms with van der Waals surface area (Å²) in [6.45, 7) is 8.81. The number of rotatable bonds is 8. The number of hydrogen-bond donors (Lipinski definition) is 1. The molecule has 0 heterocycles. The van der Waals surface area contributed by atoms with E-state index in [2.05, 4.69) is 20.4 Å². The molecule has 3 heteroatoms. The molecule has 0 saturated carbocycles. The van der Waals surface area contributed by atoms with Crippen LogP contribution in [-0.2, 0) is 9.53 Å². The fraction of sp³-hybridized carbons (Fsp3) is 0.750. The van der Waals surface area contributed by atoms with E-state index < -0.39 is 0 Å². The van der Waals surface area contributed by atoms with Gasteiger partial charge in [-0.05, 0) is 31.2 Å². The van der Waals surface area contributed by atoms with Gasteiger partial charge in [0.25, 0.3) is 0 Å². The lowest BCUT2D eigenvalue weighted by molar-refractivity contribution is -0.144. The third-order valence-corrected chi connectivity index (χ3v) is 2.18. The Balaban J connectivity index is 3.75. The van der Waals surface area contributed by atoms with Gasteiger partial charge in [0.05, 0.1) is 6.61 Å². The summed E-state index contributed by atoms with van der Waals surface area (Å²) in [4.78, 5) is 11.4. The van der Waals surface area contributed by atoms with Crippen LogP contribution in [0.1, 0.15) is 33.1 Å². The monoisotopic (exact) mass is 213 g/mol. The molecular weight excluding hydrogens is 190 g/mol. The first-order valence-electron chi connectivity index (χ1n) is 5.56. The molecule has 0 unspecified atom stereocenters. The van der Waals surface area contributed by atoms with Gasteiger partial charge in [0.2, 0.25) is 0 Å². The molecule has 0 saturated heterocycles. The first kappa shape index (κ1) is 14.2. The second-order valence-corrected chi connectivity index (χ2v) is 4.23. The molecule has 0 aliphatic carbocycles. The van der Waals surface area contributed by atoms with Crippen molar-refractivity contribution < 1.29 is 9.53 Å². The quantitative estimate of drug-likeness (QED) is 0.382. The van der Waals surface area contributed by atoms with Crippen molar-refractivity contribution in [1.82, 2.24) is 0 Å². The molecule has 0 aliphatic heterocycles. The summed E-state index contributed by atoms with van der Waals surface area (Å²) in [7, 11) is 0. The molecule has 1 atom stereocenters. The number of carbonyl (C=O) groups is 1. The molecule has 0 aromatic carbocycles. The molecule has 3 nitrogen and oxygen atoms in total. The Labute approximate surface area is 92.7 Å². The van der Waals surface area contributed by atoms with Crippen LogP contribution in [0.3, 0.4) is 0 Å². The third-order valence-electron chi connectivity index (χ3n) is 2.18. The minimum absolute atomic E-state index is 0.145. The standard InChI is InChI=1S/C12H23NO2/c1-4-5-6-15-12(14)8-11(9-13)7-10(2)3/h4,10-11H,1,5-9,13H2,2-3H3/t11-/m0/s1. The van der Waals surface area contributed by atoms with Crippen molar-refractivity contribution in [3.05, 3.63) is 12.7 Å². The fourth-order valence-corrected chi connectivity index (χ4v) is 1.48. The molecule has 0 aromatic rings. The number of nitrogens with two attached hydrogens (primary N) is 1. The summed E-state index contributed by atoms with van der Waals surface area (Å²) < 4.78 is 5.03.